The van der Waals surface area contributed by atoms with E-state index in [0.717, 1.165) is 17.3 Å². The molecule has 2 N–H and O–H groups in total. The van der Waals surface area contributed by atoms with Gasteiger partial charge in [0.05, 0.1) is 10.7 Å². The predicted octanol–water partition coefficient (Wildman–Crippen LogP) is 3.22. The summed E-state index contributed by atoms with van der Waals surface area (Å²) in [5.74, 6) is 2.19. The number of aromatic nitrogens is 2. The molecule has 0 bridgehead atoms. The van der Waals surface area contributed by atoms with Crippen LogP contribution >= 0.6 is 11.6 Å². The zero-order valence-electron chi connectivity index (χ0n) is 9.66. The molecule has 5 heteroatoms. The van der Waals surface area contributed by atoms with Gasteiger partial charge in [0.25, 0.3) is 0 Å². The summed E-state index contributed by atoms with van der Waals surface area (Å²) >= 11 is 6.07. The summed E-state index contributed by atoms with van der Waals surface area (Å²) < 4.78 is 0. The van der Waals surface area contributed by atoms with Gasteiger partial charge in [-0.15, -0.1) is 0 Å². The molecule has 0 aliphatic heterocycles. The Kier molecular flexibility index (Phi) is 3.44. The summed E-state index contributed by atoms with van der Waals surface area (Å²) in [6, 6.07) is 9.37. The van der Waals surface area contributed by atoms with Crippen molar-refractivity contribution in [1.29, 1.82) is 0 Å². The SMILES string of the molecule is CNc1cc(Nc2ccccc2Cl)nc(C)n1. The van der Waals surface area contributed by atoms with Crippen molar-refractivity contribution in [3.05, 3.63) is 41.2 Å². The number of benzene rings is 1. The molecular weight excluding hydrogens is 236 g/mol. The number of para-hydroxylation sites is 1. The molecule has 0 spiro atoms. The van der Waals surface area contributed by atoms with Crippen LogP contribution < -0.4 is 10.6 Å². The third kappa shape index (κ3) is 2.85. The fraction of sp³-hybridized carbons (Fsp3) is 0.167. The summed E-state index contributed by atoms with van der Waals surface area (Å²) in [5, 5.41) is 6.81. The molecule has 0 fully saturated rings. The average Bonchev–Trinajstić information content (AvgIpc) is 2.31. The highest BCUT2D eigenvalue weighted by Gasteiger charge is 2.03. The second-order valence-corrected chi connectivity index (χ2v) is 3.95. The lowest BCUT2D eigenvalue weighted by atomic mass is 10.3. The van der Waals surface area contributed by atoms with Crippen LogP contribution in [0.3, 0.4) is 0 Å². The van der Waals surface area contributed by atoms with Crippen molar-refractivity contribution in [2.45, 2.75) is 6.92 Å². The molecule has 0 aliphatic carbocycles. The van der Waals surface area contributed by atoms with Crippen molar-refractivity contribution >= 4 is 28.9 Å². The van der Waals surface area contributed by atoms with Gasteiger partial charge >= 0.3 is 0 Å². The van der Waals surface area contributed by atoms with Crippen molar-refractivity contribution in [1.82, 2.24) is 9.97 Å². The van der Waals surface area contributed by atoms with Gasteiger partial charge < -0.3 is 10.6 Å². The maximum atomic E-state index is 6.07. The van der Waals surface area contributed by atoms with E-state index in [9.17, 15) is 0 Å². The van der Waals surface area contributed by atoms with Gasteiger partial charge in [0.1, 0.15) is 17.5 Å². The molecule has 0 saturated carbocycles. The van der Waals surface area contributed by atoms with E-state index >= 15 is 0 Å². The molecule has 2 rings (SSSR count). The smallest absolute Gasteiger partial charge is 0.136 e. The highest BCUT2D eigenvalue weighted by atomic mass is 35.5. The molecule has 88 valence electrons. The van der Waals surface area contributed by atoms with Crippen molar-refractivity contribution in [2.75, 3.05) is 17.7 Å². The molecule has 1 heterocycles. The van der Waals surface area contributed by atoms with E-state index in [0.29, 0.717) is 10.8 Å². The summed E-state index contributed by atoms with van der Waals surface area (Å²) in [5.41, 5.74) is 0.828. The van der Waals surface area contributed by atoms with Gasteiger partial charge in [-0.05, 0) is 19.1 Å². The Balaban J connectivity index is 2.30. The van der Waals surface area contributed by atoms with E-state index < -0.39 is 0 Å². The summed E-state index contributed by atoms with van der Waals surface area (Å²) in [6.45, 7) is 1.85. The highest BCUT2D eigenvalue weighted by Crippen LogP contribution is 2.24. The van der Waals surface area contributed by atoms with Crippen molar-refractivity contribution in [2.24, 2.45) is 0 Å². The maximum absolute atomic E-state index is 6.07. The van der Waals surface area contributed by atoms with E-state index in [2.05, 4.69) is 20.6 Å². The van der Waals surface area contributed by atoms with E-state index in [1.165, 1.54) is 0 Å². The second-order valence-electron chi connectivity index (χ2n) is 3.54. The molecule has 0 amide bonds. The van der Waals surface area contributed by atoms with E-state index in [1.54, 1.807) is 0 Å². The molecule has 0 atom stereocenters. The lowest BCUT2D eigenvalue weighted by Gasteiger charge is -2.09. The van der Waals surface area contributed by atoms with E-state index in [1.807, 2.05) is 44.3 Å². The summed E-state index contributed by atoms with van der Waals surface area (Å²) in [7, 11) is 1.82. The van der Waals surface area contributed by atoms with Crippen LogP contribution in [0.25, 0.3) is 0 Å². The van der Waals surface area contributed by atoms with Crippen molar-refractivity contribution < 1.29 is 0 Å². The van der Waals surface area contributed by atoms with Crippen LogP contribution in [0.5, 0.6) is 0 Å². The predicted molar refractivity (Wildman–Crippen MR) is 71.1 cm³/mol. The summed E-state index contributed by atoms with van der Waals surface area (Å²) in [6.07, 6.45) is 0. The van der Waals surface area contributed by atoms with Crippen LogP contribution in [0.4, 0.5) is 17.3 Å². The standard InChI is InChI=1S/C12H13ClN4/c1-8-15-11(14-2)7-12(16-8)17-10-6-4-3-5-9(10)13/h3-7H,1-2H3,(H2,14,15,16,17). The van der Waals surface area contributed by atoms with E-state index in [-0.39, 0.29) is 0 Å². The first kappa shape index (κ1) is 11.7. The minimum Gasteiger partial charge on any atom is -0.373 e. The number of hydrogen-bond donors (Lipinski definition) is 2. The normalized spacial score (nSPS) is 10.1. The van der Waals surface area contributed by atoms with Crippen molar-refractivity contribution in [3.8, 4) is 0 Å². The minimum atomic E-state index is 0.662. The fourth-order valence-corrected chi connectivity index (χ4v) is 1.64. The molecule has 0 unspecified atom stereocenters. The first-order valence-electron chi connectivity index (χ1n) is 5.24. The molecule has 1 aromatic carbocycles. The molecular formula is C12H13ClN4. The zero-order chi connectivity index (χ0) is 12.3. The van der Waals surface area contributed by atoms with Crippen molar-refractivity contribution in [3.63, 3.8) is 0 Å². The zero-order valence-corrected chi connectivity index (χ0v) is 10.4. The average molecular weight is 249 g/mol. The van der Waals surface area contributed by atoms with Gasteiger partial charge in [-0.25, -0.2) is 9.97 Å². The molecule has 4 nitrogen and oxygen atoms in total. The molecule has 0 aliphatic rings. The Bertz CT molecular complexity index is 528. The largest absolute Gasteiger partial charge is 0.373 e. The Morgan fingerprint density at radius 3 is 2.53 bits per heavy atom. The number of rotatable bonds is 3. The minimum absolute atomic E-state index is 0.662. The number of anilines is 3. The second kappa shape index (κ2) is 5.01. The first-order chi connectivity index (χ1) is 8.19. The Labute approximate surface area is 105 Å². The van der Waals surface area contributed by atoms with Crippen LogP contribution in [0.1, 0.15) is 5.82 Å². The molecule has 0 saturated heterocycles. The number of halogens is 1. The highest BCUT2D eigenvalue weighted by molar-refractivity contribution is 6.33. The topological polar surface area (TPSA) is 49.8 Å². The number of nitrogens with one attached hydrogen (secondary N) is 2. The van der Waals surface area contributed by atoms with Gasteiger partial charge in [0.2, 0.25) is 0 Å². The Hall–Kier alpha value is -1.81. The third-order valence-corrected chi connectivity index (χ3v) is 2.56. The molecule has 1 aromatic heterocycles. The molecule has 17 heavy (non-hydrogen) atoms. The third-order valence-electron chi connectivity index (χ3n) is 2.23. The first-order valence-corrected chi connectivity index (χ1v) is 5.62. The van der Waals surface area contributed by atoms with Gasteiger partial charge in [-0.3, -0.25) is 0 Å². The number of aryl methyl sites for hydroxylation is 1. The van der Waals surface area contributed by atoms with Crippen LogP contribution in [0, 0.1) is 6.92 Å². The van der Waals surface area contributed by atoms with Crippen LogP contribution in [-0.2, 0) is 0 Å². The maximum Gasteiger partial charge on any atom is 0.136 e. The quantitative estimate of drug-likeness (QED) is 0.876. The number of hydrogen-bond acceptors (Lipinski definition) is 4. The molecule has 2 aromatic rings. The lowest BCUT2D eigenvalue weighted by molar-refractivity contribution is 1.06. The van der Waals surface area contributed by atoms with Crippen LogP contribution in [0.2, 0.25) is 5.02 Å². The summed E-state index contributed by atoms with van der Waals surface area (Å²) in [4.78, 5) is 8.52. The number of nitrogens with zero attached hydrogens (tertiary/aromatic N) is 2. The van der Waals surface area contributed by atoms with Crippen LogP contribution in [-0.4, -0.2) is 17.0 Å². The Morgan fingerprint density at radius 2 is 1.82 bits per heavy atom. The van der Waals surface area contributed by atoms with Gasteiger partial charge in [-0.2, -0.15) is 0 Å². The van der Waals surface area contributed by atoms with Gasteiger partial charge in [0, 0.05) is 13.1 Å². The fourth-order valence-electron chi connectivity index (χ4n) is 1.46. The van der Waals surface area contributed by atoms with Gasteiger partial charge in [0.15, 0.2) is 0 Å². The van der Waals surface area contributed by atoms with Gasteiger partial charge in [-0.1, -0.05) is 23.7 Å². The van der Waals surface area contributed by atoms with Crippen LogP contribution in [0.15, 0.2) is 30.3 Å². The van der Waals surface area contributed by atoms with E-state index in [4.69, 9.17) is 11.6 Å². The lowest BCUT2D eigenvalue weighted by Crippen LogP contribution is -2.01. The monoisotopic (exact) mass is 248 g/mol. The molecule has 0 radical (unpaired) electrons. The Morgan fingerprint density at radius 1 is 1.12 bits per heavy atom.